The SMILES string of the molecule is Cc1cccc(C(=O)C=C(Br)Br)c1. The zero-order valence-electron chi connectivity index (χ0n) is 7.05. The number of carbonyl (C=O) groups is 1. The van der Waals surface area contributed by atoms with Crippen molar-refractivity contribution >= 4 is 37.6 Å². The fourth-order valence-electron chi connectivity index (χ4n) is 0.981. The van der Waals surface area contributed by atoms with Gasteiger partial charge in [0.15, 0.2) is 5.78 Å². The molecule has 0 amide bonds. The first-order valence-electron chi connectivity index (χ1n) is 3.73. The third-order valence-electron chi connectivity index (χ3n) is 1.54. The molecular weight excluding hydrogens is 296 g/mol. The number of halogens is 2. The van der Waals surface area contributed by atoms with Gasteiger partial charge in [-0.05, 0) is 44.8 Å². The van der Waals surface area contributed by atoms with Gasteiger partial charge >= 0.3 is 0 Å². The molecule has 1 aromatic rings. The second kappa shape index (κ2) is 4.72. The van der Waals surface area contributed by atoms with Crippen molar-refractivity contribution in [3.63, 3.8) is 0 Å². The van der Waals surface area contributed by atoms with Crippen LogP contribution in [0, 0.1) is 6.92 Å². The Morgan fingerprint density at radius 2 is 2.08 bits per heavy atom. The summed E-state index contributed by atoms with van der Waals surface area (Å²) in [5.74, 6) is -0.00699. The minimum atomic E-state index is -0.00699. The Labute approximate surface area is 94.1 Å². The molecule has 68 valence electrons. The number of carbonyl (C=O) groups excluding carboxylic acids is 1. The molecule has 0 atom stereocenters. The van der Waals surface area contributed by atoms with E-state index < -0.39 is 0 Å². The molecule has 0 aliphatic heterocycles. The van der Waals surface area contributed by atoms with E-state index in [0.29, 0.717) is 8.96 Å². The van der Waals surface area contributed by atoms with Crippen LogP contribution in [0.15, 0.2) is 33.7 Å². The van der Waals surface area contributed by atoms with Gasteiger partial charge in [0.25, 0.3) is 0 Å². The average Bonchev–Trinajstić information content (AvgIpc) is 2.03. The van der Waals surface area contributed by atoms with Crippen LogP contribution in [-0.2, 0) is 0 Å². The molecule has 0 bridgehead atoms. The highest BCUT2D eigenvalue weighted by Crippen LogP contribution is 2.15. The minimum absolute atomic E-state index is 0.00699. The summed E-state index contributed by atoms with van der Waals surface area (Å²) in [4.78, 5) is 11.5. The number of ketones is 1. The quantitative estimate of drug-likeness (QED) is 0.600. The standard InChI is InChI=1S/C10H8Br2O/c1-7-3-2-4-8(5-7)9(13)6-10(11)12/h2-6H,1H3. The molecule has 1 nitrogen and oxygen atoms in total. The number of aryl methyl sites for hydroxylation is 1. The van der Waals surface area contributed by atoms with Crippen molar-refractivity contribution in [3.05, 3.63) is 44.9 Å². The van der Waals surface area contributed by atoms with Crippen LogP contribution in [0.4, 0.5) is 0 Å². The van der Waals surface area contributed by atoms with Crippen LogP contribution in [0.1, 0.15) is 15.9 Å². The molecule has 1 rings (SSSR count). The lowest BCUT2D eigenvalue weighted by Crippen LogP contribution is -1.94. The van der Waals surface area contributed by atoms with Crippen molar-refractivity contribution < 1.29 is 4.79 Å². The maximum absolute atomic E-state index is 11.5. The predicted molar refractivity (Wildman–Crippen MR) is 61.4 cm³/mol. The Bertz CT molecular complexity index is 352. The minimum Gasteiger partial charge on any atom is -0.289 e. The van der Waals surface area contributed by atoms with Gasteiger partial charge in [0, 0.05) is 11.6 Å². The molecule has 0 fully saturated rings. The molecule has 0 aliphatic carbocycles. The average molecular weight is 304 g/mol. The van der Waals surface area contributed by atoms with Gasteiger partial charge in [-0.15, -0.1) is 0 Å². The van der Waals surface area contributed by atoms with E-state index in [1.165, 1.54) is 6.08 Å². The number of rotatable bonds is 2. The van der Waals surface area contributed by atoms with E-state index in [9.17, 15) is 4.79 Å². The fourth-order valence-corrected chi connectivity index (χ4v) is 1.40. The van der Waals surface area contributed by atoms with Crippen molar-refractivity contribution in [1.82, 2.24) is 0 Å². The van der Waals surface area contributed by atoms with Crippen molar-refractivity contribution in [2.75, 3.05) is 0 Å². The van der Waals surface area contributed by atoms with Gasteiger partial charge in [-0.1, -0.05) is 23.8 Å². The van der Waals surface area contributed by atoms with Crippen molar-refractivity contribution in [3.8, 4) is 0 Å². The molecule has 0 unspecified atom stereocenters. The van der Waals surface area contributed by atoms with Gasteiger partial charge in [-0.25, -0.2) is 0 Å². The van der Waals surface area contributed by atoms with Crippen LogP contribution < -0.4 is 0 Å². The van der Waals surface area contributed by atoms with Crippen LogP contribution in [0.25, 0.3) is 0 Å². The summed E-state index contributed by atoms with van der Waals surface area (Å²) >= 11 is 6.30. The molecule has 0 heterocycles. The molecule has 1 aromatic carbocycles. The summed E-state index contributed by atoms with van der Waals surface area (Å²) in [6.07, 6.45) is 1.49. The third kappa shape index (κ3) is 3.44. The van der Waals surface area contributed by atoms with E-state index in [1.807, 2.05) is 25.1 Å². The maximum atomic E-state index is 11.5. The fraction of sp³-hybridized carbons (Fsp3) is 0.100. The molecule has 0 aromatic heterocycles. The monoisotopic (exact) mass is 302 g/mol. The first-order valence-corrected chi connectivity index (χ1v) is 5.32. The Balaban J connectivity index is 2.96. The zero-order chi connectivity index (χ0) is 9.84. The van der Waals surface area contributed by atoms with Crippen molar-refractivity contribution in [1.29, 1.82) is 0 Å². The molecular formula is C10H8Br2O. The molecule has 0 saturated heterocycles. The summed E-state index contributed by atoms with van der Waals surface area (Å²) in [5, 5.41) is 0. The Hall–Kier alpha value is -0.410. The normalized spacial score (nSPS) is 9.46. The summed E-state index contributed by atoms with van der Waals surface area (Å²) in [7, 11) is 0. The topological polar surface area (TPSA) is 17.1 Å². The lowest BCUT2D eigenvalue weighted by molar-refractivity contribution is 0.104. The number of benzene rings is 1. The van der Waals surface area contributed by atoms with Gasteiger partial charge in [-0.3, -0.25) is 4.79 Å². The molecule has 3 heteroatoms. The van der Waals surface area contributed by atoms with E-state index in [0.717, 1.165) is 5.56 Å². The summed E-state index contributed by atoms with van der Waals surface area (Å²) in [5.41, 5.74) is 1.79. The second-order valence-electron chi connectivity index (χ2n) is 2.67. The van der Waals surface area contributed by atoms with Gasteiger partial charge in [0.2, 0.25) is 0 Å². The Morgan fingerprint density at radius 1 is 1.38 bits per heavy atom. The van der Waals surface area contributed by atoms with Crippen LogP contribution in [-0.4, -0.2) is 5.78 Å². The highest BCUT2D eigenvalue weighted by atomic mass is 79.9. The number of hydrogen-bond donors (Lipinski definition) is 0. The van der Waals surface area contributed by atoms with Crippen molar-refractivity contribution in [2.45, 2.75) is 6.92 Å². The van der Waals surface area contributed by atoms with Crippen LogP contribution >= 0.6 is 31.9 Å². The van der Waals surface area contributed by atoms with Gasteiger partial charge in [-0.2, -0.15) is 0 Å². The second-order valence-corrected chi connectivity index (χ2v) is 5.44. The zero-order valence-corrected chi connectivity index (χ0v) is 10.2. The lowest BCUT2D eigenvalue weighted by atomic mass is 10.1. The highest BCUT2D eigenvalue weighted by Gasteiger charge is 2.01. The lowest BCUT2D eigenvalue weighted by Gasteiger charge is -1.96. The van der Waals surface area contributed by atoms with Gasteiger partial charge in [0.05, 0.1) is 3.39 Å². The Kier molecular flexibility index (Phi) is 3.88. The molecule has 13 heavy (non-hydrogen) atoms. The smallest absolute Gasteiger partial charge is 0.187 e. The molecule has 0 radical (unpaired) electrons. The largest absolute Gasteiger partial charge is 0.289 e. The third-order valence-corrected chi connectivity index (χ3v) is 2.00. The van der Waals surface area contributed by atoms with E-state index in [1.54, 1.807) is 6.07 Å². The van der Waals surface area contributed by atoms with Crippen LogP contribution in [0.3, 0.4) is 0 Å². The van der Waals surface area contributed by atoms with Crippen LogP contribution in [0.2, 0.25) is 0 Å². The van der Waals surface area contributed by atoms with Crippen molar-refractivity contribution in [2.24, 2.45) is 0 Å². The summed E-state index contributed by atoms with van der Waals surface area (Å²) in [6.45, 7) is 1.96. The number of allylic oxidation sites excluding steroid dienone is 1. The van der Waals surface area contributed by atoms with Gasteiger partial charge in [0.1, 0.15) is 0 Å². The molecule has 0 saturated carbocycles. The Morgan fingerprint density at radius 3 is 2.62 bits per heavy atom. The first-order chi connectivity index (χ1) is 6.09. The van der Waals surface area contributed by atoms with E-state index in [4.69, 9.17) is 0 Å². The highest BCUT2D eigenvalue weighted by molar-refractivity contribution is 9.28. The molecule has 0 spiro atoms. The van der Waals surface area contributed by atoms with Crippen LogP contribution in [0.5, 0.6) is 0 Å². The van der Waals surface area contributed by atoms with Gasteiger partial charge < -0.3 is 0 Å². The molecule has 0 aliphatic rings. The van der Waals surface area contributed by atoms with E-state index >= 15 is 0 Å². The summed E-state index contributed by atoms with van der Waals surface area (Å²) in [6, 6.07) is 7.50. The van der Waals surface area contributed by atoms with E-state index in [2.05, 4.69) is 31.9 Å². The molecule has 0 N–H and O–H groups in total. The summed E-state index contributed by atoms with van der Waals surface area (Å²) < 4.78 is 0.659. The first kappa shape index (κ1) is 10.7. The predicted octanol–water partition coefficient (Wildman–Crippen LogP) is 3.81. The number of hydrogen-bond acceptors (Lipinski definition) is 1. The maximum Gasteiger partial charge on any atom is 0.187 e. The van der Waals surface area contributed by atoms with E-state index in [-0.39, 0.29) is 5.78 Å².